The predicted molar refractivity (Wildman–Crippen MR) is 65.6 cm³/mol. The van der Waals surface area contributed by atoms with E-state index in [1.165, 1.54) is 11.1 Å². The van der Waals surface area contributed by atoms with Crippen molar-refractivity contribution in [1.82, 2.24) is 4.90 Å². The Morgan fingerprint density at radius 3 is 2.81 bits per heavy atom. The molecule has 0 N–H and O–H groups in total. The van der Waals surface area contributed by atoms with Crippen LogP contribution in [0.2, 0.25) is 0 Å². The van der Waals surface area contributed by atoms with Crippen LogP contribution in [-0.2, 0) is 12.8 Å². The van der Waals surface area contributed by atoms with Crippen LogP contribution in [0.4, 0.5) is 0 Å². The molecule has 1 aliphatic heterocycles. The van der Waals surface area contributed by atoms with E-state index in [2.05, 4.69) is 32.0 Å². The number of carbonyl (C=O) groups is 1. The first-order valence-electron chi connectivity index (χ1n) is 5.95. The molecule has 0 saturated carbocycles. The van der Waals surface area contributed by atoms with Gasteiger partial charge in [0, 0.05) is 19.2 Å². The number of benzene rings is 1. The molecule has 86 valence electrons. The quantitative estimate of drug-likeness (QED) is 0.745. The van der Waals surface area contributed by atoms with Gasteiger partial charge in [0.25, 0.3) is 5.91 Å². The van der Waals surface area contributed by atoms with Crippen LogP contribution in [0.25, 0.3) is 0 Å². The molecule has 0 saturated heterocycles. The molecule has 0 aliphatic carbocycles. The van der Waals surface area contributed by atoms with Crippen LogP contribution >= 0.6 is 0 Å². The van der Waals surface area contributed by atoms with Gasteiger partial charge in [0.2, 0.25) is 0 Å². The summed E-state index contributed by atoms with van der Waals surface area (Å²) >= 11 is 0. The van der Waals surface area contributed by atoms with Crippen molar-refractivity contribution in [2.45, 2.75) is 26.7 Å². The minimum absolute atomic E-state index is 0.173. The van der Waals surface area contributed by atoms with Gasteiger partial charge >= 0.3 is 0 Å². The second kappa shape index (κ2) is 4.28. The summed E-state index contributed by atoms with van der Waals surface area (Å²) in [5.41, 5.74) is 3.39. The lowest BCUT2D eigenvalue weighted by atomic mass is 9.94. The average molecular weight is 217 g/mol. The fraction of sp³-hybridized carbons (Fsp3) is 0.500. The number of nitrogens with zero attached hydrogens (tertiary/aromatic N) is 1. The van der Waals surface area contributed by atoms with Crippen molar-refractivity contribution in [3.05, 3.63) is 34.9 Å². The molecule has 0 fully saturated rings. The number of fused-ring (bicyclic) bond motifs is 1. The number of likely N-dealkylation sites (N-methyl/N-ethyl adjacent to an activating group) is 1. The fourth-order valence-corrected chi connectivity index (χ4v) is 2.23. The molecule has 2 nitrogen and oxygen atoms in total. The zero-order valence-corrected chi connectivity index (χ0v) is 10.3. The Kier molecular flexibility index (Phi) is 2.99. The van der Waals surface area contributed by atoms with E-state index in [0.29, 0.717) is 5.92 Å². The topological polar surface area (TPSA) is 20.3 Å². The maximum absolute atomic E-state index is 12.0. The normalized spacial score (nSPS) is 15.5. The standard InChI is InChI=1S/C14H19NO/c1-10(2)8-11-4-5-12-6-7-15(3)14(16)13(12)9-11/h4-5,9-10H,6-8H2,1-3H3. The largest absolute Gasteiger partial charge is 0.341 e. The Balaban J connectivity index is 2.33. The van der Waals surface area contributed by atoms with E-state index in [1.807, 2.05) is 11.9 Å². The molecule has 0 radical (unpaired) electrons. The Hall–Kier alpha value is -1.31. The van der Waals surface area contributed by atoms with E-state index in [9.17, 15) is 4.79 Å². The molecule has 16 heavy (non-hydrogen) atoms. The molecule has 0 aromatic heterocycles. The van der Waals surface area contributed by atoms with E-state index < -0.39 is 0 Å². The summed E-state index contributed by atoms with van der Waals surface area (Å²) in [7, 11) is 1.88. The Bertz CT molecular complexity index is 409. The van der Waals surface area contributed by atoms with Gasteiger partial charge in [-0.3, -0.25) is 4.79 Å². The summed E-state index contributed by atoms with van der Waals surface area (Å²) in [6.07, 6.45) is 2.03. The first-order chi connectivity index (χ1) is 7.58. The minimum atomic E-state index is 0.173. The van der Waals surface area contributed by atoms with Crippen LogP contribution in [0, 0.1) is 5.92 Å². The monoisotopic (exact) mass is 217 g/mol. The molecule has 2 rings (SSSR count). The smallest absolute Gasteiger partial charge is 0.253 e. The third kappa shape index (κ3) is 2.11. The molecule has 0 bridgehead atoms. The molecular weight excluding hydrogens is 198 g/mol. The minimum Gasteiger partial charge on any atom is -0.341 e. The third-order valence-electron chi connectivity index (χ3n) is 3.11. The van der Waals surface area contributed by atoms with Gasteiger partial charge in [0.05, 0.1) is 0 Å². The zero-order chi connectivity index (χ0) is 11.7. The first kappa shape index (κ1) is 11.2. The van der Waals surface area contributed by atoms with Crippen LogP contribution in [0.5, 0.6) is 0 Å². The van der Waals surface area contributed by atoms with Crippen LogP contribution < -0.4 is 0 Å². The molecule has 1 amide bonds. The lowest BCUT2D eigenvalue weighted by molar-refractivity contribution is 0.0780. The number of hydrogen-bond donors (Lipinski definition) is 0. The number of amides is 1. The van der Waals surface area contributed by atoms with E-state index in [4.69, 9.17) is 0 Å². The second-order valence-electron chi connectivity index (χ2n) is 5.07. The van der Waals surface area contributed by atoms with Gasteiger partial charge in [0.1, 0.15) is 0 Å². The van der Waals surface area contributed by atoms with Crippen molar-refractivity contribution in [3.8, 4) is 0 Å². The lowest BCUT2D eigenvalue weighted by Gasteiger charge is -2.25. The van der Waals surface area contributed by atoms with Crippen molar-refractivity contribution in [2.24, 2.45) is 5.92 Å². The van der Waals surface area contributed by atoms with Crippen molar-refractivity contribution < 1.29 is 4.79 Å². The van der Waals surface area contributed by atoms with Gasteiger partial charge in [0.15, 0.2) is 0 Å². The molecule has 1 aromatic carbocycles. The van der Waals surface area contributed by atoms with Crippen molar-refractivity contribution in [2.75, 3.05) is 13.6 Å². The van der Waals surface area contributed by atoms with Gasteiger partial charge in [-0.05, 0) is 36.0 Å². The number of rotatable bonds is 2. The van der Waals surface area contributed by atoms with E-state index in [-0.39, 0.29) is 5.91 Å². The van der Waals surface area contributed by atoms with E-state index in [1.54, 1.807) is 0 Å². The predicted octanol–water partition coefficient (Wildman–Crippen LogP) is 2.51. The molecule has 1 aliphatic rings. The molecule has 2 heteroatoms. The Morgan fingerprint density at radius 2 is 2.12 bits per heavy atom. The van der Waals surface area contributed by atoms with Crippen molar-refractivity contribution in [3.63, 3.8) is 0 Å². The lowest BCUT2D eigenvalue weighted by Crippen LogP contribution is -2.34. The number of carbonyl (C=O) groups excluding carboxylic acids is 1. The molecule has 1 aromatic rings. The van der Waals surface area contributed by atoms with Gasteiger partial charge in [-0.1, -0.05) is 26.0 Å². The van der Waals surface area contributed by atoms with Gasteiger partial charge < -0.3 is 4.90 Å². The first-order valence-corrected chi connectivity index (χ1v) is 5.95. The summed E-state index contributed by atoms with van der Waals surface area (Å²) in [5, 5.41) is 0. The third-order valence-corrected chi connectivity index (χ3v) is 3.11. The Morgan fingerprint density at radius 1 is 1.38 bits per heavy atom. The molecule has 0 atom stereocenters. The van der Waals surface area contributed by atoms with Crippen molar-refractivity contribution in [1.29, 1.82) is 0 Å². The van der Waals surface area contributed by atoms with Gasteiger partial charge in [-0.15, -0.1) is 0 Å². The highest BCUT2D eigenvalue weighted by molar-refractivity contribution is 5.96. The average Bonchev–Trinajstić information content (AvgIpc) is 2.23. The van der Waals surface area contributed by atoms with Crippen LogP contribution in [0.3, 0.4) is 0 Å². The Labute approximate surface area is 97.3 Å². The fourth-order valence-electron chi connectivity index (χ4n) is 2.23. The van der Waals surface area contributed by atoms with Crippen molar-refractivity contribution >= 4 is 5.91 Å². The molecule has 0 unspecified atom stereocenters. The maximum Gasteiger partial charge on any atom is 0.253 e. The van der Waals surface area contributed by atoms with E-state index >= 15 is 0 Å². The highest BCUT2D eigenvalue weighted by atomic mass is 16.2. The zero-order valence-electron chi connectivity index (χ0n) is 10.3. The summed E-state index contributed by atoms with van der Waals surface area (Å²) in [6, 6.07) is 6.36. The molecular formula is C14H19NO. The SMILES string of the molecule is CC(C)Cc1ccc2c(c1)C(=O)N(C)CC2. The van der Waals surface area contributed by atoms with E-state index in [0.717, 1.165) is 24.9 Å². The summed E-state index contributed by atoms with van der Waals surface area (Å²) in [5.74, 6) is 0.807. The van der Waals surface area contributed by atoms with Crippen LogP contribution in [-0.4, -0.2) is 24.4 Å². The summed E-state index contributed by atoms with van der Waals surface area (Å²) in [4.78, 5) is 13.8. The number of hydrogen-bond acceptors (Lipinski definition) is 1. The van der Waals surface area contributed by atoms with Crippen LogP contribution in [0.1, 0.15) is 35.3 Å². The molecule has 1 heterocycles. The second-order valence-corrected chi connectivity index (χ2v) is 5.07. The highest BCUT2D eigenvalue weighted by Gasteiger charge is 2.21. The highest BCUT2D eigenvalue weighted by Crippen LogP contribution is 2.20. The van der Waals surface area contributed by atoms with Gasteiger partial charge in [-0.25, -0.2) is 0 Å². The maximum atomic E-state index is 12.0. The van der Waals surface area contributed by atoms with Gasteiger partial charge in [-0.2, -0.15) is 0 Å². The summed E-state index contributed by atoms with van der Waals surface area (Å²) in [6.45, 7) is 5.25. The molecule has 0 spiro atoms. The van der Waals surface area contributed by atoms with Crippen LogP contribution in [0.15, 0.2) is 18.2 Å². The summed E-state index contributed by atoms with van der Waals surface area (Å²) < 4.78 is 0.